The molecule has 7 nitrogen and oxygen atoms in total. The van der Waals surface area contributed by atoms with Gasteiger partial charge in [0.15, 0.2) is 5.78 Å². The van der Waals surface area contributed by atoms with E-state index in [1.54, 1.807) is 0 Å². The monoisotopic (exact) mass is 637 g/mol. The fourth-order valence-electron chi connectivity index (χ4n) is 4.92. The van der Waals surface area contributed by atoms with Gasteiger partial charge in [0.2, 0.25) is 11.8 Å². The lowest BCUT2D eigenvalue weighted by Gasteiger charge is -2.28. The van der Waals surface area contributed by atoms with Gasteiger partial charge in [-0.3, -0.25) is 19.2 Å². The Kier molecular flexibility index (Phi) is 7.95. The fraction of sp³-hybridized carbons (Fsp3) is 0.267. The van der Waals surface area contributed by atoms with E-state index >= 15 is 0 Å². The lowest BCUT2D eigenvalue weighted by molar-refractivity contribution is -0.143. The summed E-state index contributed by atoms with van der Waals surface area (Å²) < 4.78 is 81.1. The molecule has 1 heterocycles. The van der Waals surface area contributed by atoms with E-state index in [0.717, 1.165) is 4.90 Å². The molecule has 1 saturated carbocycles. The van der Waals surface area contributed by atoms with E-state index in [4.69, 9.17) is 11.6 Å². The Morgan fingerprint density at radius 3 is 2.05 bits per heavy atom. The molecule has 1 aliphatic heterocycles. The molecule has 0 saturated heterocycles. The zero-order valence-electron chi connectivity index (χ0n) is 22.5. The number of nitrogens with zero attached hydrogens (tertiary/aromatic N) is 1. The molecule has 0 spiro atoms. The summed E-state index contributed by atoms with van der Waals surface area (Å²) in [5.41, 5.74) is -4.83. The first-order chi connectivity index (χ1) is 20.6. The highest BCUT2D eigenvalue weighted by Crippen LogP contribution is 2.39. The molecule has 0 aromatic heterocycles. The quantitative estimate of drug-likeness (QED) is 0.327. The Bertz CT molecular complexity index is 1620. The molecule has 3 amide bonds. The zero-order chi connectivity index (χ0) is 32.0. The van der Waals surface area contributed by atoms with Gasteiger partial charge < -0.3 is 15.5 Å². The second kappa shape index (κ2) is 11.3. The van der Waals surface area contributed by atoms with Crippen molar-refractivity contribution in [2.75, 3.05) is 4.90 Å². The van der Waals surface area contributed by atoms with Gasteiger partial charge in [-0.05, 0) is 73.0 Å². The maximum atomic E-state index is 13.8. The molecule has 14 heteroatoms. The number of fused-ring (bicyclic) bond motifs is 1. The minimum atomic E-state index is -5.11. The van der Waals surface area contributed by atoms with Crippen LogP contribution in [0, 0.1) is 0 Å². The third kappa shape index (κ3) is 6.42. The third-order valence-corrected chi connectivity index (χ3v) is 7.64. The largest absolute Gasteiger partial charge is 0.416 e. The SMILES string of the molecule is O=C(NC1(C(=O)N[C@@H]2CC(=O)c3ccccc3N(Cc3cc(C(F)(F)F)cc(C(F)(F)F)c3)C2=O)CC1)c1ccc(Cl)cc1. The van der Waals surface area contributed by atoms with Crippen LogP contribution in [0.2, 0.25) is 5.02 Å². The third-order valence-electron chi connectivity index (χ3n) is 7.39. The Hall–Kier alpha value is -4.39. The van der Waals surface area contributed by atoms with Gasteiger partial charge >= 0.3 is 12.4 Å². The molecular weight excluding hydrogens is 616 g/mol. The molecule has 3 aromatic rings. The summed E-state index contributed by atoms with van der Waals surface area (Å²) in [4.78, 5) is 53.9. The highest BCUT2D eigenvalue weighted by molar-refractivity contribution is 6.30. The number of ketones is 1. The summed E-state index contributed by atoms with van der Waals surface area (Å²) in [6.07, 6.45) is -10.3. The first-order valence-electron chi connectivity index (χ1n) is 13.2. The van der Waals surface area contributed by atoms with Crippen LogP contribution >= 0.6 is 11.6 Å². The van der Waals surface area contributed by atoms with Gasteiger partial charge in [-0.25, -0.2) is 0 Å². The number of nitrogens with one attached hydrogen (secondary N) is 2. The van der Waals surface area contributed by atoms with Crippen molar-refractivity contribution in [3.8, 4) is 0 Å². The van der Waals surface area contributed by atoms with Gasteiger partial charge in [-0.2, -0.15) is 26.3 Å². The van der Waals surface area contributed by atoms with E-state index in [1.807, 2.05) is 0 Å². The van der Waals surface area contributed by atoms with Gasteiger partial charge in [0.1, 0.15) is 11.6 Å². The second-order valence-electron chi connectivity index (χ2n) is 10.6. The Morgan fingerprint density at radius 1 is 0.886 bits per heavy atom. The number of amides is 3. The van der Waals surface area contributed by atoms with Crippen molar-refractivity contribution in [2.24, 2.45) is 0 Å². The van der Waals surface area contributed by atoms with E-state index in [9.17, 15) is 45.5 Å². The van der Waals surface area contributed by atoms with Crippen molar-refractivity contribution in [3.05, 3.63) is 99.6 Å². The van der Waals surface area contributed by atoms with E-state index in [2.05, 4.69) is 10.6 Å². The van der Waals surface area contributed by atoms with E-state index in [-0.39, 0.29) is 35.7 Å². The number of benzene rings is 3. The van der Waals surface area contributed by atoms with Crippen LogP contribution in [0.4, 0.5) is 32.0 Å². The van der Waals surface area contributed by atoms with Gasteiger partial charge in [0, 0.05) is 22.6 Å². The van der Waals surface area contributed by atoms with Crippen LogP contribution in [0.5, 0.6) is 0 Å². The number of Topliss-reactive ketones (excluding diaryl/α,β-unsaturated/α-hetero) is 1. The minimum Gasteiger partial charge on any atom is -0.342 e. The molecule has 2 aliphatic rings. The molecule has 44 heavy (non-hydrogen) atoms. The number of hydrogen-bond donors (Lipinski definition) is 2. The Labute approximate surface area is 251 Å². The van der Waals surface area contributed by atoms with Crippen molar-refractivity contribution in [3.63, 3.8) is 0 Å². The first kappa shape index (κ1) is 31.0. The molecule has 2 N–H and O–H groups in total. The highest BCUT2D eigenvalue weighted by atomic mass is 35.5. The number of hydrogen-bond acceptors (Lipinski definition) is 4. The Balaban J connectivity index is 1.44. The molecule has 0 bridgehead atoms. The predicted molar refractivity (Wildman–Crippen MR) is 146 cm³/mol. The Morgan fingerprint density at radius 2 is 1.48 bits per heavy atom. The maximum Gasteiger partial charge on any atom is 0.416 e. The first-order valence-corrected chi connectivity index (χ1v) is 13.6. The molecule has 0 radical (unpaired) electrons. The van der Waals surface area contributed by atoms with Crippen molar-refractivity contribution < 1.29 is 45.5 Å². The summed E-state index contributed by atoms with van der Waals surface area (Å²) >= 11 is 5.85. The fourth-order valence-corrected chi connectivity index (χ4v) is 5.05. The normalized spacial score (nSPS) is 17.9. The average molecular weight is 638 g/mol. The van der Waals surface area contributed by atoms with Gasteiger partial charge in [-0.1, -0.05) is 23.7 Å². The van der Waals surface area contributed by atoms with Crippen LogP contribution in [0.15, 0.2) is 66.7 Å². The summed E-state index contributed by atoms with van der Waals surface area (Å²) in [5, 5.41) is 5.50. The number of carbonyl (C=O) groups is 4. The van der Waals surface area contributed by atoms with Crippen molar-refractivity contribution in [1.82, 2.24) is 10.6 Å². The van der Waals surface area contributed by atoms with Crippen LogP contribution in [-0.4, -0.2) is 35.1 Å². The van der Waals surface area contributed by atoms with Crippen LogP contribution < -0.4 is 15.5 Å². The molecule has 0 unspecified atom stereocenters. The predicted octanol–water partition coefficient (Wildman–Crippen LogP) is 5.94. The summed E-state index contributed by atoms with van der Waals surface area (Å²) in [6.45, 7) is -0.763. The van der Waals surface area contributed by atoms with Crippen molar-refractivity contribution >= 4 is 40.8 Å². The minimum absolute atomic E-state index is 0.00204. The van der Waals surface area contributed by atoms with Crippen LogP contribution in [0.25, 0.3) is 0 Å². The standard InChI is InChI=1S/C30H22ClF6N3O4/c31-20-7-5-17(6-8-20)25(42)39-28(9-10-28)27(44)38-22-14-24(41)21-3-1-2-4-23(21)40(26(22)43)15-16-11-18(29(32,33)34)13-19(12-16)30(35,36)37/h1-8,11-13,22H,9-10,14-15H2,(H,38,44)(H,39,42)/t22-/m1/s1. The van der Waals surface area contributed by atoms with Crippen molar-refractivity contribution in [1.29, 1.82) is 0 Å². The lowest BCUT2D eigenvalue weighted by Crippen LogP contribution is -2.55. The molecule has 3 aromatic carbocycles. The summed E-state index contributed by atoms with van der Waals surface area (Å²) in [6, 6.07) is 10.9. The molecule has 230 valence electrons. The summed E-state index contributed by atoms with van der Waals surface area (Å²) in [7, 11) is 0. The van der Waals surface area contributed by atoms with Crippen LogP contribution in [-0.2, 0) is 28.5 Å². The number of alkyl halides is 6. The molecule has 1 atom stereocenters. The van der Waals surface area contributed by atoms with Gasteiger partial charge in [-0.15, -0.1) is 0 Å². The molecule has 5 rings (SSSR count). The number of carbonyl (C=O) groups excluding carboxylic acids is 4. The summed E-state index contributed by atoms with van der Waals surface area (Å²) in [5.74, 6) is -2.87. The zero-order valence-corrected chi connectivity index (χ0v) is 23.2. The van der Waals surface area contributed by atoms with Crippen LogP contribution in [0.3, 0.4) is 0 Å². The van der Waals surface area contributed by atoms with E-state index in [0.29, 0.717) is 17.2 Å². The number of halogens is 7. The topological polar surface area (TPSA) is 95.6 Å². The van der Waals surface area contributed by atoms with Crippen LogP contribution in [0.1, 0.15) is 56.7 Å². The molecular formula is C30H22ClF6N3O4. The van der Waals surface area contributed by atoms with E-state index < -0.39 is 77.1 Å². The van der Waals surface area contributed by atoms with Gasteiger partial charge in [0.25, 0.3) is 5.91 Å². The number of anilines is 1. The van der Waals surface area contributed by atoms with Crippen molar-refractivity contribution in [2.45, 2.75) is 49.7 Å². The number of rotatable bonds is 6. The highest BCUT2D eigenvalue weighted by Gasteiger charge is 2.52. The number of para-hydroxylation sites is 1. The molecule has 1 fully saturated rings. The maximum absolute atomic E-state index is 13.8. The average Bonchev–Trinajstić information content (AvgIpc) is 3.75. The second-order valence-corrected chi connectivity index (χ2v) is 11.0. The van der Waals surface area contributed by atoms with Gasteiger partial charge in [0.05, 0.1) is 23.4 Å². The van der Waals surface area contributed by atoms with E-state index in [1.165, 1.54) is 48.5 Å². The lowest BCUT2D eigenvalue weighted by atomic mass is 10.0. The smallest absolute Gasteiger partial charge is 0.342 e. The molecule has 1 aliphatic carbocycles.